The Hall–Kier alpha value is -0.770. The van der Waals surface area contributed by atoms with Crippen LogP contribution in [-0.4, -0.2) is 17.8 Å². The molecule has 0 spiro atoms. The van der Waals surface area contributed by atoms with Gasteiger partial charge in [-0.05, 0) is 37.8 Å². The van der Waals surface area contributed by atoms with Crippen LogP contribution in [0.25, 0.3) is 0 Å². The minimum Gasteiger partial charge on any atom is -0.398 e. The Bertz CT molecular complexity index is 378. The molecule has 0 aliphatic carbocycles. The molecule has 0 aromatic heterocycles. The first-order valence-electron chi connectivity index (χ1n) is 6.01. The van der Waals surface area contributed by atoms with E-state index in [1.807, 2.05) is 0 Å². The fourth-order valence-electron chi connectivity index (χ4n) is 2.22. The molecule has 1 heterocycles. The summed E-state index contributed by atoms with van der Waals surface area (Å²) in [4.78, 5) is 0. The summed E-state index contributed by atoms with van der Waals surface area (Å²) >= 11 is 5.82. The number of anilines is 1. The lowest BCUT2D eigenvalue weighted by atomic mass is 10.0. The molecule has 3 N–H and O–H groups in total. The molecule has 0 amide bonds. The number of benzene rings is 1. The molecule has 0 bridgehead atoms. The van der Waals surface area contributed by atoms with Crippen LogP contribution in [0, 0.1) is 0 Å². The van der Waals surface area contributed by atoms with Crippen LogP contribution in [0.1, 0.15) is 37.4 Å². The number of aliphatic hydroxyl groups excluding tert-OH is 1. The molecular weight excluding hydrogens is 238 g/mol. The third-order valence-electron chi connectivity index (χ3n) is 3.19. The molecule has 4 heteroatoms. The maximum atomic E-state index is 10.1. The number of ether oxygens (including phenoxy) is 1. The third kappa shape index (κ3) is 3.35. The molecule has 1 aliphatic heterocycles. The first kappa shape index (κ1) is 12.7. The number of aliphatic hydroxyl groups is 1. The molecule has 1 aromatic rings. The normalized spacial score (nSPS) is 21.6. The smallest absolute Gasteiger partial charge is 0.0810 e. The van der Waals surface area contributed by atoms with Crippen molar-refractivity contribution in [3.63, 3.8) is 0 Å². The molecule has 1 saturated heterocycles. The fourth-order valence-corrected chi connectivity index (χ4v) is 2.40. The monoisotopic (exact) mass is 255 g/mol. The van der Waals surface area contributed by atoms with Crippen LogP contribution in [-0.2, 0) is 4.74 Å². The lowest BCUT2D eigenvalue weighted by Crippen LogP contribution is -2.09. The number of halogens is 1. The van der Waals surface area contributed by atoms with Gasteiger partial charge in [-0.2, -0.15) is 0 Å². The van der Waals surface area contributed by atoms with Crippen molar-refractivity contribution in [2.45, 2.75) is 37.9 Å². The van der Waals surface area contributed by atoms with E-state index in [0.717, 1.165) is 31.4 Å². The van der Waals surface area contributed by atoms with Crippen LogP contribution in [0.2, 0.25) is 5.02 Å². The largest absolute Gasteiger partial charge is 0.398 e. The average molecular weight is 256 g/mol. The predicted molar refractivity (Wildman–Crippen MR) is 69.0 cm³/mol. The Morgan fingerprint density at radius 2 is 2.35 bits per heavy atom. The molecule has 1 fully saturated rings. The molecule has 94 valence electrons. The number of nitrogens with two attached hydrogens (primary N) is 1. The van der Waals surface area contributed by atoms with Gasteiger partial charge in [0.15, 0.2) is 0 Å². The first-order valence-corrected chi connectivity index (χ1v) is 6.39. The van der Waals surface area contributed by atoms with E-state index in [9.17, 15) is 5.11 Å². The van der Waals surface area contributed by atoms with E-state index in [1.165, 1.54) is 0 Å². The zero-order valence-electron chi connectivity index (χ0n) is 9.73. The summed E-state index contributed by atoms with van der Waals surface area (Å²) in [6.45, 7) is 0.851. The molecule has 17 heavy (non-hydrogen) atoms. The maximum absolute atomic E-state index is 10.1. The summed E-state index contributed by atoms with van der Waals surface area (Å²) in [6, 6.07) is 5.21. The van der Waals surface area contributed by atoms with E-state index in [4.69, 9.17) is 22.1 Å². The van der Waals surface area contributed by atoms with E-state index < -0.39 is 6.10 Å². The topological polar surface area (TPSA) is 55.5 Å². The molecule has 1 aliphatic rings. The van der Waals surface area contributed by atoms with Gasteiger partial charge in [-0.3, -0.25) is 0 Å². The van der Waals surface area contributed by atoms with Gasteiger partial charge in [0.25, 0.3) is 0 Å². The quantitative estimate of drug-likeness (QED) is 0.814. The average Bonchev–Trinajstić information content (AvgIpc) is 2.78. The van der Waals surface area contributed by atoms with E-state index in [1.54, 1.807) is 18.2 Å². The molecule has 2 rings (SSSR count). The second-order valence-electron chi connectivity index (χ2n) is 4.50. The van der Waals surface area contributed by atoms with Gasteiger partial charge >= 0.3 is 0 Å². The highest BCUT2D eigenvalue weighted by molar-refractivity contribution is 6.30. The van der Waals surface area contributed by atoms with Crippen molar-refractivity contribution in [3.8, 4) is 0 Å². The van der Waals surface area contributed by atoms with Crippen LogP contribution in [0.3, 0.4) is 0 Å². The highest BCUT2D eigenvalue weighted by Gasteiger charge is 2.18. The van der Waals surface area contributed by atoms with E-state index >= 15 is 0 Å². The summed E-state index contributed by atoms with van der Waals surface area (Å²) in [5.41, 5.74) is 7.14. The summed E-state index contributed by atoms with van der Waals surface area (Å²) in [5, 5.41) is 10.7. The van der Waals surface area contributed by atoms with Crippen LogP contribution in [0.4, 0.5) is 5.69 Å². The van der Waals surface area contributed by atoms with Gasteiger partial charge in [-0.1, -0.05) is 17.7 Å². The Kier molecular flexibility index (Phi) is 4.26. The minimum absolute atomic E-state index is 0.304. The van der Waals surface area contributed by atoms with Gasteiger partial charge in [0.2, 0.25) is 0 Å². The molecule has 2 unspecified atom stereocenters. The van der Waals surface area contributed by atoms with Crippen molar-refractivity contribution in [3.05, 3.63) is 28.8 Å². The van der Waals surface area contributed by atoms with Crippen molar-refractivity contribution in [2.24, 2.45) is 0 Å². The highest BCUT2D eigenvalue weighted by atomic mass is 35.5. The highest BCUT2D eigenvalue weighted by Crippen LogP contribution is 2.28. The lowest BCUT2D eigenvalue weighted by molar-refractivity contribution is 0.0814. The third-order valence-corrected chi connectivity index (χ3v) is 3.43. The molecular formula is C13H18ClNO2. The first-order chi connectivity index (χ1) is 8.16. The predicted octanol–water partition coefficient (Wildman–Crippen LogP) is 2.91. The molecule has 3 nitrogen and oxygen atoms in total. The standard InChI is InChI=1S/C13H18ClNO2/c14-9-3-5-11(12(15)8-9)13(16)6-4-10-2-1-7-17-10/h3,5,8,10,13,16H,1-2,4,6-7,15H2. The summed E-state index contributed by atoms with van der Waals surface area (Å²) in [5.74, 6) is 0. The van der Waals surface area contributed by atoms with Crippen LogP contribution in [0.15, 0.2) is 18.2 Å². The number of nitrogen functional groups attached to an aromatic ring is 1. The van der Waals surface area contributed by atoms with Crippen molar-refractivity contribution in [1.82, 2.24) is 0 Å². The van der Waals surface area contributed by atoms with Gasteiger partial charge in [-0.25, -0.2) is 0 Å². The number of hydrogen-bond donors (Lipinski definition) is 2. The van der Waals surface area contributed by atoms with E-state index in [2.05, 4.69) is 0 Å². The van der Waals surface area contributed by atoms with Crippen LogP contribution < -0.4 is 5.73 Å². The van der Waals surface area contributed by atoms with E-state index in [-0.39, 0.29) is 0 Å². The van der Waals surface area contributed by atoms with Crippen molar-refractivity contribution < 1.29 is 9.84 Å². The van der Waals surface area contributed by atoms with Gasteiger partial charge in [-0.15, -0.1) is 0 Å². The Morgan fingerprint density at radius 1 is 1.53 bits per heavy atom. The Balaban J connectivity index is 1.91. The number of rotatable bonds is 4. The number of hydrogen-bond acceptors (Lipinski definition) is 3. The van der Waals surface area contributed by atoms with Gasteiger partial charge < -0.3 is 15.6 Å². The molecule has 0 radical (unpaired) electrons. The maximum Gasteiger partial charge on any atom is 0.0810 e. The SMILES string of the molecule is Nc1cc(Cl)ccc1C(O)CCC1CCCO1. The zero-order chi connectivity index (χ0) is 12.3. The Morgan fingerprint density at radius 3 is 3.00 bits per heavy atom. The van der Waals surface area contributed by atoms with Gasteiger partial charge in [0, 0.05) is 22.9 Å². The minimum atomic E-state index is -0.531. The fraction of sp³-hybridized carbons (Fsp3) is 0.538. The zero-order valence-corrected chi connectivity index (χ0v) is 10.5. The van der Waals surface area contributed by atoms with Crippen molar-refractivity contribution in [2.75, 3.05) is 12.3 Å². The Labute approximate surface area is 107 Å². The van der Waals surface area contributed by atoms with Gasteiger partial charge in [0.05, 0.1) is 12.2 Å². The molecule has 2 atom stereocenters. The molecule has 0 saturated carbocycles. The second kappa shape index (κ2) is 5.71. The van der Waals surface area contributed by atoms with Crippen molar-refractivity contribution >= 4 is 17.3 Å². The lowest BCUT2D eigenvalue weighted by Gasteiger charge is -2.16. The summed E-state index contributed by atoms with van der Waals surface area (Å²) in [7, 11) is 0. The molecule has 1 aromatic carbocycles. The van der Waals surface area contributed by atoms with Gasteiger partial charge in [0.1, 0.15) is 0 Å². The second-order valence-corrected chi connectivity index (χ2v) is 4.94. The van der Waals surface area contributed by atoms with Crippen LogP contribution >= 0.6 is 11.6 Å². The van der Waals surface area contributed by atoms with Crippen LogP contribution in [0.5, 0.6) is 0 Å². The summed E-state index contributed by atoms with van der Waals surface area (Å²) in [6.07, 6.45) is 3.56. The van der Waals surface area contributed by atoms with Crippen molar-refractivity contribution in [1.29, 1.82) is 0 Å². The van der Waals surface area contributed by atoms with E-state index in [0.29, 0.717) is 23.2 Å². The summed E-state index contributed by atoms with van der Waals surface area (Å²) < 4.78 is 5.53.